The van der Waals surface area contributed by atoms with Crippen LogP contribution in [0.2, 0.25) is 0 Å². The van der Waals surface area contributed by atoms with Crippen molar-refractivity contribution in [2.24, 2.45) is 0 Å². The van der Waals surface area contributed by atoms with Crippen LogP contribution < -0.4 is 0 Å². The molecule has 1 aromatic heterocycles. The molecule has 0 spiro atoms. The van der Waals surface area contributed by atoms with E-state index >= 15 is 0 Å². The van der Waals surface area contributed by atoms with Gasteiger partial charge in [-0.05, 0) is 5.92 Å². The number of hydrogen-bond acceptors (Lipinski definition) is 1. The first-order valence-corrected chi connectivity index (χ1v) is 4.61. The van der Waals surface area contributed by atoms with Gasteiger partial charge in [0.15, 0.2) is 0 Å². The van der Waals surface area contributed by atoms with Crippen molar-refractivity contribution in [3.8, 4) is 0 Å². The van der Waals surface area contributed by atoms with Crippen molar-refractivity contribution in [1.82, 2.24) is 9.78 Å². The van der Waals surface area contributed by atoms with Crippen LogP contribution in [0.25, 0.3) is 0 Å². The van der Waals surface area contributed by atoms with E-state index in [-0.39, 0.29) is 16.5 Å². The topological polar surface area (TPSA) is 17.8 Å². The number of halogens is 4. The minimum absolute atomic E-state index is 0.0000463. The smallest absolute Gasteiger partial charge is 0.178 e. The summed E-state index contributed by atoms with van der Waals surface area (Å²) >= 11 is 5.52. The highest BCUT2D eigenvalue weighted by Gasteiger charge is 2.33. The minimum atomic E-state index is -4.46. The fraction of sp³-hybridized carbons (Fsp3) is 0.625. The van der Waals surface area contributed by atoms with Crippen LogP contribution in [0.1, 0.15) is 31.0 Å². The molecule has 0 atom stereocenters. The van der Waals surface area contributed by atoms with Gasteiger partial charge in [-0.1, -0.05) is 13.8 Å². The van der Waals surface area contributed by atoms with E-state index in [1.807, 2.05) is 0 Å². The predicted molar refractivity (Wildman–Crippen MR) is 47.2 cm³/mol. The van der Waals surface area contributed by atoms with E-state index < -0.39 is 6.30 Å². The second-order valence-electron chi connectivity index (χ2n) is 3.24. The number of rotatable bonds is 2. The van der Waals surface area contributed by atoms with Gasteiger partial charge in [-0.25, -0.2) is 0 Å². The van der Waals surface area contributed by atoms with Crippen LogP contribution in [0.3, 0.4) is 0 Å². The Labute approximate surface area is 84.7 Å². The minimum Gasteiger partial charge on any atom is -0.178 e. The molecule has 0 radical (unpaired) electrons. The summed E-state index contributed by atoms with van der Waals surface area (Å²) < 4.78 is 36.7. The largest absolute Gasteiger partial charge is 0.504 e. The fourth-order valence-corrected chi connectivity index (χ4v) is 1.35. The molecule has 14 heavy (non-hydrogen) atoms. The van der Waals surface area contributed by atoms with Crippen molar-refractivity contribution in [1.29, 1.82) is 0 Å². The molecule has 0 aromatic carbocycles. The molecule has 2 nitrogen and oxygen atoms in total. The Hall–Kier alpha value is -0.710. The van der Waals surface area contributed by atoms with Gasteiger partial charge in [0.25, 0.3) is 0 Å². The lowest BCUT2D eigenvalue weighted by Crippen LogP contribution is -2.17. The second kappa shape index (κ2) is 3.81. The lowest BCUT2D eigenvalue weighted by molar-refractivity contribution is -0.212. The summed E-state index contributed by atoms with van der Waals surface area (Å²) in [6, 6.07) is 0. The average molecular weight is 227 g/mol. The Bertz CT molecular complexity index is 317. The van der Waals surface area contributed by atoms with Crippen LogP contribution in [0, 0.1) is 0 Å². The Balaban J connectivity index is 3.13. The number of aromatic nitrogens is 2. The van der Waals surface area contributed by atoms with E-state index in [0.717, 1.165) is 6.20 Å². The van der Waals surface area contributed by atoms with E-state index in [0.29, 0.717) is 11.3 Å². The zero-order valence-corrected chi connectivity index (χ0v) is 8.52. The summed E-state index contributed by atoms with van der Waals surface area (Å²) in [5.74, 6) is -0.0174. The Morgan fingerprint density at radius 2 is 2.07 bits per heavy atom. The second-order valence-corrected chi connectivity index (χ2v) is 3.51. The Kier molecular flexibility index (Phi) is 3.09. The molecular weight excluding hydrogens is 217 g/mol. The average Bonchev–Trinajstić information content (AvgIpc) is 2.45. The molecule has 1 rings (SSSR count). The van der Waals surface area contributed by atoms with E-state index in [9.17, 15) is 13.2 Å². The maximum Gasteiger partial charge on any atom is 0.504 e. The molecule has 1 heterocycles. The van der Waals surface area contributed by atoms with Crippen molar-refractivity contribution in [2.75, 3.05) is 0 Å². The monoisotopic (exact) mass is 226 g/mol. The van der Waals surface area contributed by atoms with Gasteiger partial charge in [-0.3, -0.25) is 0 Å². The van der Waals surface area contributed by atoms with Gasteiger partial charge in [0.05, 0.1) is 11.6 Å². The van der Waals surface area contributed by atoms with Gasteiger partial charge in [0.2, 0.25) is 0 Å². The quantitative estimate of drug-likeness (QED) is 0.708. The number of hydrogen-bond donors (Lipinski definition) is 0. The van der Waals surface area contributed by atoms with E-state index in [1.165, 1.54) is 0 Å². The Morgan fingerprint density at radius 3 is 2.36 bits per heavy atom. The van der Waals surface area contributed by atoms with E-state index in [1.54, 1.807) is 13.8 Å². The highest BCUT2D eigenvalue weighted by atomic mass is 35.5. The molecule has 0 amide bonds. The molecule has 0 unspecified atom stereocenters. The normalized spacial score (nSPS) is 12.5. The van der Waals surface area contributed by atoms with Crippen LogP contribution >= 0.6 is 11.6 Å². The zero-order chi connectivity index (χ0) is 10.9. The summed E-state index contributed by atoms with van der Waals surface area (Å²) in [5, 5.41) is 3.46. The SMILES string of the molecule is CC(C)c1nn(C(F)(F)F)cc1CCl. The van der Waals surface area contributed by atoms with E-state index in [4.69, 9.17) is 11.6 Å². The molecule has 0 N–H and O–H groups in total. The van der Waals surface area contributed by atoms with Crippen LogP contribution in [-0.2, 0) is 12.2 Å². The van der Waals surface area contributed by atoms with Gasteiger partial charge < -0.3 is 0 Å². The first kappa shape index (κ1) is 11.4. The van der Waals surface area contributed by atoms with Crippen LogP contribution in [0.15, 0.2) is 6.20 Å². The van der Waals surface area contributed by atoms with Crippen LogP contribution in [0.5, 0.6) is 0 Å². The summed E-state index contributed by atoms with van der Waals surface area (Å²) in [6.07, 6.45) is -3.53. The van der Waals surface area contributed by atoms with E-state index in [2.05, 4.69) is 5.10 Å². The maximum absolute atomic E-state index is 12.2. The molecule has 0 saturated carbocycles. The summed E-state index contributed by atoms with van der Waals surface area (Å²) in [6.45, 7) is 3.55. The van der Waals surface area contributed by atoms with Crippen molar-refractivity contribution in [3.63, 3.8) is 0 Å². The maximum atomic E-state index is 12.2. The highest BCUT2D eigenvalue weighted by molar-refractivity contribution is 6.17. The molecule has 0 aliphatic carbocycles. The third kappa shape index (κ3) is 2.20. The van der Waals surface area contributed by atoms with Gasteiger partial charge in [-0.2, -0.15) is 9.78 Å². The molecule has 0 fully saturated rings. The van der Waals surface area contributed by atoms with Crippen molar-refractivity contribution in [2.45, 2.75) is 31.9 Å². The van der Waals surface area contributed by atoms with Gasteiger partial charge >= 0.3 is 6.30 Å². The summed E-state index contributed by atoms with van der Waals surface area (Å²) in [4.78, 5) is 0. The first-order chi connectivity index (χ1) is 6.36. The van der Waals surface area contributed by atoms with Crippen molar-refractivity contribution < 1.29 is 13.2 Å². The zero-order valence-electron chi connectivity index (χ0n) is 7.77. The molecule has 6 heteroatoms. The molecule has 0 bridgehead atoms. The first-order valence-electron chi connectivity index (χ1n) is 4.08. The number of alkyl halides is 4. The van der Waals surface area contributed by atoms with Gasteiger partial charge in [0, 0.05) is 11.8 Å². The predicted octanol–water partition coefficient (Wildman–Crippen LogP) is 3.22. The summed E-state index contributed by atoms with van der Waals surface area (Å²) in [5.41, 5.74) is 0.830. The van der Waals surface area contributed by atoms with Crippen LogP contribution in [-0.4, -0.2) is 9.78 Å². The standard InChI is InChI=1S/C8H10ClF3N2/c1-5(2)7-6(3-9)4-14(13-7)8(10,11)12/h4-5H,3H2,1-2H3. The Morgan fingerprint density at radius 1 is 1.50 bits per heavy atom. The highest BCUT2D eigenvalue weighted by Crippen LogP contribution is 2.26. The third-order valence-corrected chi connectivity index (χ3v) is 2.06. The molecule has 0 saturated heterocycles. The molecule has 0 aliphatic rings. The summed E-state index contributed by atoms with van der Waals surface area (Å²) in [7, 11) is 0. The lowest BCUT2D eigenvalue weighted by Gasteiger charge is -2.05. The molecule has 1 aromatic rings. The fourth-order valence-electron chi connectivity index (χ4n) is 1.14. The molecule has 80 valence electrons. The van der Waals surface area contributed by atoms with Gasteiger partial charge in [-0.15, -0.1) is 24.8 Å². The number of nitrogens with zero attached hydrogens (tertiary/aromatic N) is 2. The third-order valence-electron chi connectivity index (χ3n) is 1.77. The molecular formula is C8H10ClF3N2. The molecule has 0 aliphatic heterocycles. The van der Waals surface area contributed by atoms with Crippen molar-refractivity contribution in [3.05, 3.63) is 17.5 Å². The lowest BCUT2D eigenvalue weighted by atomic mass is 10.1. The van der Waals surface area contributed by atoms with Crippen LogP contribution in [0.4, 0.5) is 13.2 Å². The van der Waals surface area contributed by atoms with Crippen molar-refractivity contribution >= 4 is 11.6 Å². The van der Waals surface area contributed by atoms with Gasteiger partial charge in [0.1, 0.15) is 0 Å².